The summed E-state index contributed by atoms with van der Waals surface area (Å²) in [4.78, 5) is 57.8. The van der Waals surface area contributed by atoms with Crippen molar-refractivity contribution in [2.45, 2.75) is 77.7 Å². The first-order valence-corrected chi connectivity index (χ1v) is 18.3. The Balaban J connectivity index is 0.000000217. The molecular formula is C38H52Cl2N4O4. The van der Waals surface area contributed by atoms with Crippen molar-refractivity contribution < 1.29 is 19.2 Å². The molecular weight excluding hydrogens is 647 g/mol. The number of hydrogen-bond donors (Lipinski definition) is 0. The van der Waals surface area contributed by atoms with Crippen LogP contribution in [-0.2, 0) is 9.59 Å². The largest absolute Gasteiger partial charge is 0.341 e. The van der Waals surface area contributed by atoms with Crippen LogP contribution in [0.4, 0.5) is 0 Å². The molecule has 3 fully saturated rings. The Morgan fingerprint density at radius 1 is 0.646 bits per heavy atom. The van der Waals surface area contributed by atoms with Gasteiger partial charge < -0.3 is 14.7 Å². The molecule has 0 unspecified atom stereocenters. The number of Topliss-reactive ketones (excluding diaryl/α,β-unsaturated/α-hetero) is 2. The number of hydrogen-bond acceptors (Lipinski definition) is 6. The number of amides is 2. The van der Waals surface area contributed by atoms with Gasteiger partial charge in [-0.3, -0.25) is 24.1 Å². The fourth-order valence-corrected chi connectivity index (χ4v) is 6.42. The van der Waals surface area contributed by atoms with Crippen LogP contribution in [-0.4, -0.2) is 107 Å². The molecule has 2 heterocycles. The molecule has 0 N–H and O–H groups in total. The molecule has 1 saturated carbocycles. The van der Waals surface area contributed by atoms with Crippen molar-refractivity contribution in [3.8, 4) is 0 Å². The molecule has 48 heavy (non-hydrogen) atoms. The number of carbonyl (C=O) groups is 4. The summed E-state index contributed by atoms with van der Waals surface area (Å²) in [6, 6.07) is 13.7. The second kappa shape index (κ2) is 18.3. The van der Waals surface area contributed by atoms with Gasteiger partial charge in [-0.2, -0.15) is 0 Å². The van der Waals surface area contributed by atoms with E-state index in [-0.39, 0.29) is 48.2 Å². The smallest absolute Gasteiger partial charge is 0.223 e. The second-order valence-corrected chi connectivity index (χ2v) is 14.7. The van der Waals surface area contributed by atoms with Gasteiger partial charge in [0.05, 0.1) is 0 Å². The van der Waals surface area contributed by atoms with E-state index in [4.69, 9.17) is 23.2 Å². The Kier molecular flexibility index (Phi) is 14.5. The van der Waals surface area contributed by atoms with Crippen molar-refractivity contribution in [2.24, 2.45) is 5.92 Å². The molecule has 0 radical (unpaired) electrons. The maximum atomic E-state index is 12.4. The molecule has 0 spiro atoms. The summed E-state index contributed by atoms with van der Waals surface area (Å²) >= 11 is 11.7. The molecule has 262 valence electrons. The fourth-order valence-electron chi connectivity index (χ4n) is 6.17. The number of benzene rings is 2. The summed E-state index contributed by atoms with van der Waals surface area (Å²) in [5.74, 6) is 1.07. The van der Waals surface area contributed by atoms with Gasteiger partial charge >= 0.3 is 0 Å². The van der Waals surface area contributed by atoms with E-state index in [1.165, 1.54) is 19.4 Å². The van der Waals surface area contributed by atoms with Crippen LogP contribution in [0, 0.1) is 5.92 Å². The average Bonchev–Trinajstić information content (AvgIpc) is 3.94. The van der Waals surface area contributed by atoms with Gasteiger partial charge in [-0.05, 0) is 101 Å². The molecule has 8 nitrogen and oxygen atoms in total. The molecule has 2 aromatic carbocycles. The van der Waals surface area contributed by atoms with Crippen molar-refractivity contribution in [3.63, 3.8) is 0 Å². The van der Waals surface area contributed by atoms with Gasteiger partial charge in [-0.15, -0.1) is 0 Å². The third-order valence-corrected chi connectivity index (χ3v) is 10.5. The third-order valence-electron chi connectivity index (χ3n) is 9.97. The maximum Gasteiger partial charge on any atom is 0.223 e. The van der Waals surface area contributed by atoms with Gasteiger partial charge in [-0.25, -0.2) is 0 Å². The SMILES string of the molecule is CCC(C)(C)N1CCN(C(=O)CCC(=O)c2ccc(Cl)cc2)CC1.O=C(CCC(=O)N1CCCN(CC2CC2)CC1)c1ccc(Cl)cc1. The topological polar surface area (TPSA) is 81.2 Å². The van der Waals surface area contributed by atoms with Crippen LogP contribution in [0.5, 0.6) is 0 Å². The van der Waals surface area contributed by atoms with Crippen LogP contribution < -0.4 is 0 Å². The Labute approximate surface area is 296 Å². The molecule has 3 aliphatic rings. The summed E-state index contributed by atoms with van der Waals surface area (Å²) in [5, 5.41) is 1.22. The zero-order valence-electron chi connectivity index (χ0n) is 28.9. The lowest BCUT2D eigenvalue weighted by molar-refractivity contribution is -0.134. The summed E-state index contributed by atoms with van der Waals surface area (Å²) < 4.78 is 0. The van der Waals surface area contributed by atoms with Crippen LogP contribution in [0.25, 0.3) is 0 Å². The number of carbonyl (C=O) groups excluding carboxylic acids is 4. The number of ketones is 2. The molecule has 0 atom stereocenters. The Hall–Kier alpha value is -2.78. The van der Waals surface area contributed by atoms with Crippen molar-refractivity contribution >= 4 is 46.6 Å². The number of rotatable bonds is 12. The highest BCUT2D eigenvalue weighted by molar-refractivity contribution is 6.31. The third kappa shape index (κ3) is 12.0. The summed E-state index contributed by atoms with van der Waals surface area (Å²) in [7, 11) is 0. The van der Waals surface area contributed by atoms with Gasteiger partial charge in [0, 0.05) is 105 Å². The van der Waals surface area contributed by atoms with Gasteiger partial charge in [-0.1, -0.05) is 30.1 Å². The van der Waals surface area contributed by atoms with Gasteiger partial charge in [0.1, 0.15) is 0 Å². The first kappa shape index (κ1) is 38.0. The monoisotopic (exact) mass is 698 g/mol. The molecule has 0 bridgehead atoms. The van der Waals surface area contributed by atoms with Gasteiger partial charge in [0.2, 0.25) is 11.8 Å². The zero-order chi connectivity index (χ0) is 34.7. The lowest BCUT2D eigenvalue weighted by atomic mass is 9.98. The van der Waals surface area contributed by atoms with Crippen LogP contribution in [0.1, 0.15) is 92.9 Å². The highest BCUT2D eigenvalue weighted by Gasteiger charge is 2.30. The number of nitrogens with zero attached hydrogens (tertiary/aromatic N) is 4. The Morgan fingerprint density at radius 3 is 1.56 bits per heavy atom. The summed E-state index contributed by atoms with van der Waals surface area (Å²) in [5.41, 5.74) is 1.42. The molecule has 2 amide bonds. The fraction of sp³-hybridized carbons (Fsp3) is 0.579. The second-order valence-electron chi connectivity index (χ2n) is 13.9. The molecule has 2 aromatic rings. The Morgan fingerprint density at radius 2 is 1.10 bits per heavy atom. The molecule has 10 heteroatoms. The van der Waals surface area contributed by atoms with Crippen molar-refractivity contribution in [1.82, 2.24) is 19.6 Å². The quantitative estimate of drug-likeness (QED) is 0.225. The zero-order valence-corrected chi connectivity index (χ0v) is 30.4. The normalized spacial score (nSPS) is 17.7. The minimum atomic E-state index is -0.00855. The highest BCUT2D eigenvalue weighted by atomic mass is 35.5. The van der Waals surface area contributed by atoms with Crippen LogP contribution >= 0.6 is 23.2 Å². The standard InChI is InChI=1S/C19H25ClN2O2.C19H27ClN2O2/c20-17-6-4-16(5-7-17)18(23)8-9-19(24)22-11-1-10-21(12-13-22)14-15-2-3-15;1-4-19(2,3)22-13-11-21(12-14-22)18(24)10-9-17(23)15-5-7-16(20)8-6-15/h4-7,15H,1-3,8-14H2;5-8H,4,9-14H2,1-3H3. The Bertz CT molecular complexity index is 1370. The van der Waals surface area contributed by atoms with E-state index in [9.17, 15) is 19.2 Å². The van der Waals surface area contributed by atoms with Crippen molar-refractivity contribution in [1.29, 1.82) is 0 Å². The predicted octanol–water partition coefficient (Wildman–Crippen LogP) is 6.88. The predicted molar refractivity (Wildman–Crippen MR) is 193 cm³/mol. The minimum absolute atomic E-state index is 0.00481. The first-order valence-electron chi connectivity index (χ1n) is 17.6. The first-order chi connectivity index (χ1) is 22.9. The van der Waals surface area contributed by atoms with Crippen LogP contribution in [0.2, 0.25) is 10.0 Å². The van der Waals surface area contributed by atoms with E-state index in [2.05, 4.69) is 30.6 Å². The number of halogens is 2. The molecule has 0 aromatic heterocycles. The lowest BCUT2D eigenvalue weighted by Gasteiger charge is -2.43. The molecule has 2 saturated heterocycles. The summed E-state index contributed by atoms with van der Waals surface area (Å²) in [6.45, 7) is 14.8. The van der Waals surface area contributed by atoms with E-state index in [1.54, 1.807) is 48.5 Å². The minimum Gasteiger partial charge on any atom is -0.341 e. The molecule has 1 aliphatic carbocycles. The molecule has 2 aliphatic heterocycles. The maximum absolute atomic E-state index is 12.4. The molecule has 5 rings (SSSR count). The van der Waals surface area contributed by atoms with Gasteiger partial charge in [0.25, 0.3) is 0 Å². The summed E-state index contributed by atoms with van der Waals surface area (Å²) in [6.07, 6.45) is 5.95. The average molecular weight is 700 g/mol. The van der Waals surface area contributed by atoms with Crippen molar-refractivity contribution in [2.75, 3.05) is 58.9 Å². The highest BCUT2D eigenvalue weighted by Crippen LogP contribution is 2.30. The van der Waals surface area contributed by atoms with E-state index in [0.717, 1.165) is 71.1 Å². The van der Waals surface area contributed by atoms with E-state index >= 15 is 0 Å². The lowest BCUT2D eigenvalue weighted by Crippen LogP contribution is -2.55. The van der Waals surface area contributed by atoms with Crippen molar-refractivity contribution in [3.05, 3.63) is 69.7 Å². The van der Waals surface area contributed by atoms with Crippen LogP contribution in [0.15, 0.2) is 48.5 Å². The number of piperazine rings is 1. The van der Waals surface area contributed by atoms with E-state index < -0.39 is 0 Å². The van der Waals surface area contributed by atoms with E-state index in [0.29, 0.717) is 27.6 Å². The van der Waals surface area contributed by atoms with Crippen LogP contribution in [0.3, 0.4) is 0 Å². The van der Waals surface area contributed by atoms with Gasteiger partial charge in [0.15, 0.2) is 11.6 Å². The van der Waals surface area contributed by atoms with E-state index in [1.807, 2.05) is 9.80 Å².